The molecule has 4 nitrogen and oxygen atoms in total. The van der Waals surface area contributed by atoms with Crippen LogP contribution in [0.25, 0.3) is 0 Å². The van der Waals surface area contributed by atoms with Gasteiger partial charge in [0.25, 0.3) is 0 Å². The predicted molar refractivity (Wildman–Crippen MR) is 79.8 cm³/mol. The van der Waals surface area contributed by atoms with Gasteiger partial charge in [-0.2, -0.15) is 11.8 Å². The van der Waals surface area contributed by atoms with Crippen molar-refractivity contribution in [3.8, 4) is 0 Å². The van der Waals surface area contributed by atoms with Crippen LogP contribution >= 0.6 is 11.8 Å². The SMILES string of the molecule is CNc1ncnc(N(C)C2CCSC2)c1C(C)C. The van der Waals surface area contributed by atoms with Crippen molar-refractivity contribution in [2.75, 3.05) is 35.8 Å². The number of rotatable bonds is 4. The summed E-state index contributed by atoms with van der Waals surface area (Å²) in [5.41, 5.74) is 1.22. The average Bonchev–Trinajstić information content (AvgIpc) is 2.90. The summed E-state index contributed by atoms with van der Waals surface area (Å²) in [6, 6.07) is 0.604. The van der Waals surface area contributed by atoms with Crippen molar-refractivity contribution >= 4 is 23.4 Å². The molecule has 2 rings (SSSR count). The summed E-state index contributed by atoms with van der Waals surface area (Å²) in [7, 11) is 4.08. The van der Waals surface area contributed by atoms with E-state index in [4.69, 9.17) is 0 Å². The maximum absolute atomic E-state index is 4.52. The molecule has 1 atom stereocenters. The van der Waals surface area contributed by atoms with Gasteiger partial charge in [-0.25, -0.2) is 9.97 Å². The first-order valence-corrected chi connectivity index (χ1v) is 7.63. The molecular formula is C13H22N4S. The fourth-order valence-electron chi connectivity index (χ4n) is 2.40. The van der Waals surface area contributed by atoms with Crippen molar-refractivity contribution in [1.82, 2.24) is 9.97 Å². The van der Waals surface area contributed by atoms with Crippen LogP contribution in [0, 0.1) is 0 Å². The molecule has 1 unspecified atom stereocenters. The lowest BCUT2D eigenvalue weighted by Gasteiger charge is -2.28. The summed E-state index contributed by atoms with van der Waals surface area (Å²) in [5.74, 6) is 4.91. The van der Waals surface area contributed by atoms with Gasteiger partial charge in [-0.15, -0.1) is 0 Å². The summed E-state index contributed by atoms with van der Waals surface area (Å²) in [6.07, 6.45) is 2.91. The molecule has 1 aliphatic heterocycles. The number of anilines is 2. The van der Waals surface area contributed by atoms with E-state index in [0.717, 1.165) is 11.6 Å². The van der Waals surface area contributed by atoms with Crippen molar-refractivity contribution in [3.05, 3.63) is 11.9 Å². The number of hydrogen-bond donors (Lipinski definition) is 1. The van der Waals surface area contributed by atoms with Gasteiger partial charge < -0.3 is 10.2 Å². The Hall–Kier alpha value is -0.970. The molecule has 1 saturated heterocycles. The lowest BCUT2D eigenvalue weighted by Crippen LogP contribution is -2.33. The first kappa shape index (κ1) is 13.5. The van der Waals surface area contributed by atoms with Gasteiger partial charge >= 0.3 is 0 Å². The first-order chi connectivity index (χ1) is 8.65. The molecule has 1 N–H and O–H groups in total. The number of hydrogen-bond acceptors (Lipinski definition) is 5. The van der Waals surface area contributed by atoms with E-state index in [0.29, 0.717) is 12.0 Å². The largest absolute Gasteiger partial charge is 0.373 e. The fourth-order valence-corrected chi connectivity index (χ4v) is 3.67. The molecule has 1 aromatic rings. The highest BCUT2D eigenvalue weighted by Gasteiger charge is 2.25. The average molecular weight is 266 g/mol. The van der Waals surface area contributed by atoms with Gasteiger partial charge in [0.05, 0.1) is 0 Å². The van der Waals surface area contributed by atoms with Gasteiger partial charge in [-0.3, -0.25) is 0 Å². The van der Waals surface area contributed by atoms with E-state index in [2.05, 4.69) is 41.1 Å². The van der Waals surface area contributed by atoms with Crippen molar-refractivity contribution < 1.29 is 0 Å². The Morgan fingerprint density at radius 1 is 1.44 bits per heavy atom. The number of aromatic nitrogens is 2. The van der Waals surface area contributed by atoms with Gasteiger partial charge in [0, 0.05) is 31.5 Å². The number of thioether (sulfide) groups is 1. The smallest absolute Gasteiger partial charge is 0.137 e. The summed E-state index contributed by atoms with van der Waals surface area (Å²) in [4.78, 5) is 11.2. The Bertz CT molecular complexity index is 402. The van der Waals surface area contributed by atoms with E-state index in [9.17, 15) is 0 Å². The Morgan fingerprint density at radius 2 is 2.22 bits per heavy atom. The summed E-state index contributed by atoms with van der Waals surface area (Å²) in [6.45, 7) is 4.39. The molecule has 0 saturated carbocycles. The van der Waals surface area contributed by atoms with Gasteiger partial charge in [0.2, 0.25) is 0 Å². The molecule has 0 aromatic carbocycles. The summed E-state index contributed by atoms with van der Waals surface area (Å²) < 4.78 is 0. The van der Waals surface area contributed by atoms with Crippen LogP contribution in [0.15, 0.2) is 6.33 Å². The monoisotopic (exact) mass is 266 g/mol. The maximum atomic E-state index is 4.52. The Labute approximate surface area is 114 Å². The lowest BCUT2D eigenvalue weighted by atomic mass is 10.0. The van der Waals surface area contributed by atoms with Crippen LogP contribution in [0.4, 0.5) is 11.6 Å². The van der Waals surface area contributed by atoms with Gasteiger partial charge in [-0.1, -0.05) is 13.8 Å². The van der Waals surface area contributed by atoms with E-state index >= 15 is 0 Å². The first-order valence-electron chi connectivity index (χ1n) is 6.48. The molecule has 100 valence electrons. The van der Waals surface area contributed by atoms with Gasteiger partial charge in [0.15, 0.2) is 0 Å². The van der Waals surface area contributed by atoms with E-state index < -0.39 is 0 Å². The molecular weight excluding hydrogens is 244 g/mol. The van der Waals surface area contributed by atoms with Crippen molar-refractivity contribution in [3.63, 3.8) is 0 Å². The molecule has 0 bridgehead atoms. The van der Waals surface area contributed by atoms with E-state index in [1.54, 1.807) is 6.33 Å². The molecule has 1 fully saturated rings. The van der Waals surface area contributed by atoms with Crippen LogP contribution in [0.3, 0.4) is 0 Å². The topological polar surface area (TPSA) is 41.1 Å². The highest BCUT2D eigenvalue weighted by Crippen LogP contribution is 2.33. The minimum Gasteiger partial charge on any atom is -0.373 e. The third kappa shape index (κ3) is 2.55. The molecule has 0 spiro atoms. The van der Waals surface area contributed by atoms with Gasteiger partial charge in [-0.05, 0) is 18.1 Å². The van der Waals surface area contributed by atoms with E-state index in [1.165, 1.54) is 23.5 Å². The zero-order valence-corrected chi connectivity index (χ0v) is 12.4. The minimum atomic E-state index is 0.417. The Balaban J connectivity index is 2.36. The van der Waals surface area contributed by atoms with Crippen LogP contribution in [-0.2, 0) is 0 Å². The predicted octanol–water partition coefficient (Wildman–Crippen LogP) is 2.58. The van der Waals surface area contributed by atoms with Crippen molar-refractivity contribution in [2.24, 2.45) is 0 Å². The second-order valence-electron chi connectivity index (χ2n) is 4.99. The molecule has 18 heavy (non-hydrogen) atoms. The van der Waals surface area contributed by atoms with Crippen molar-refractivity contribution in [2.45, 2.75) is 32.2 Å². The highest BCUT2D eigenvalue weighted by atomic mass is 32.2. The van der Waals surface area contributed by atoms with Crippen LogP contribution in [0.5, 0.6) is 0 Å². The third-order valence-corrected chi connectivity index (χ3v) is 4.61. The van der Waals surface area contributed by atoms with E-state index in [-0.39, 0.29) is 0 Å². The van der Waals surface area contributed by atoms with Crippen LogP contribution in [0.1, 0.15) is 31.7 Å². The van der Waals surface area contributed by atoms with Gasteiger partial charge in [0.1, 0.15) is 18.0 Å². The van der Waals surface area contributed by atoms with Crippen LogP contribution < -0.4 is 10.2 Å². The molecule has 5 heteroatoms. The zero-order valence-electron chi connectivity index (χ0n) is 11.6. The quantitative estimate of drug-likeness (QED) is 0.907. The normalized spacial score (nSPS) is 19.3. The van der Waals surface area contributed by atoms with E-state index in [1.807, 2.05) is 18.8 Å². The maximum Gasteiger partial charge on any atom is 0.137 e. The lowest BCUT2D eigenvalue weighted by molar-refractivity contribution is 0.681. The highest BCUT2D eigenvalue weighted by molar-refractivity contribution is 7.99. The molecule has 0 amide bonds. The van der Waals surface area contributed by atoms with Crippen LogP contribution in [0.2, 0.25) is 0 Å². The second-order valence-corrected chi connectivity index (χ2v) is 6.14. The molecule has 0 aliphatic carbocycles. The summed E-state index contributed by atoms with van der Waals surface area (Å²) >= 11 is 2.03. The standard InChI is InChI=1S/C13H22N4S/c1-9(2)11-12(14-3)15-8-16-13(11)17(4)10-5-6-18-7-10/h8-10H,5-7H2,1-4H3,(H,14,15,16). The molecule has 2 heterocycles. The number of nitrogens with one attached hydrogen (secondary N) is 1. The Kier molecular flexibility index (Phi) is 4.32. The second kappa shape index (κ2) is 5.78. The molecule has 0 radical (unpaired) electrons. The Morgan fingerprint density at radius 3 is 2.78 bits per heavy atom. The fraction of sp³-hybridized carbons (Fsp3) is 0.692. The van der Waals surface area contributed by atoms with Crippen molar-refractivity contribution in [1.29, 1.82) is 0 Å². The zero-order chi connectivity index (χ0) is 13.1. The minimum absolute atomic E-state index is 0.417. The number of nitrogens with zero attached hydrogens (tertiary/aromatic N) is 3. The third-order valence-electron chi connectivity index (χ3n) is 3.46. The molecule has 1 aromatic heterocycles. The molecule has 1 aliphatic rings. The summed E-state index contributed by atoms with van der Waals surface area (Å²) in [5, 5.41) is 3.18. The van der Waals surface area contributed by atoms with Crippen LogP contribution in [-0.4, -0.2) is 41.6 Å².